The van der Waals surface area contributed by atoms with E-state index in [-0.39, 0.29) is 29.1 Å². The molecule has 11 heteroatoms. The van der Waals surface area contributed by atoms with Crippen LogP contribution in [0.5, 0.6) is 0 Å². The smallest absolute Gasteiger partial charge is 0.320 e. The maximum absolute atomic E-state index is 12.3. The molecule has 4 rings (SSSR count). The zero-order valence-corrected chi connectivity index (χ0v) is 16.4. The summed E-state index contributed by atoms with van der Waals surface area (Å²) >= 11 is 0. The van der Waals surface area contributed by atoms with Gasteiger partial charge in [-0.25, -0.2) is 14.3 Å². The third-order valence-electron chi connectivity index (χ3n) is 4.75. The molecule has 3 aromatic heterocycles. The predicted molar refractivity (Wildman–Crippen MR) is 111 cm³/mol. The molecule has 0 unspecified atom stereocenters. The fraction of sp³-hybridized carbons (Fsp3) is 0.316. The molecule has 0 bridgehead atoms. The number of rotatable bonds is 5. The van der Waals surface area contributed by atoms with Crippen molar-refractivity contribution in [2.75, 3.05) is 29.9 Å². The minimum atomic E-state index is -0.320. The molecule has 1 fully saturated rings. The number of fused-ring (bicyclic) bond motifs is 1. The summed E-state index contributed by atoms with van der Waals surface area (Å²) in [7, 11) is 0. The molecule has 30 heavy (non-hydrogen) atoms. The lowest BCUT2D eigenvalue weighted by Crippen LogP contribution is -2.38. The maximum Gasteiger partial charge on any atom is 0.320 e. The molecule has 4 heterocycles. The lowest BCUT2D eigenvalue weighted by atomic mass is 10.2. The highest BCUT2D eigenvalue weighted by molar-refractivity contribution is 5.92. The van der Waals surface area contributed by atoms with Crippen LogP contribution in [0.1, 0.15) is 23.8 Å². The molecule has 1 atom stereocenters. The molecule has 1 aliphatic heterocycles. The lowest BCUT2D eigenvalue weighted by molar-refractivity contribution is 0.0935. The van der Waals surface area contributed by atoms with Gasteiger partial charge in [-0.15, -0.1) is 5.10 Å². The lowest BCUT2D eigenvalue weighted by Gasteiger charge is -2.17. The van der Waals surface area contributed by atoms with Crippen molar-refractivity contribution in [3.05, 3.63) is 52.6 Å². The van der Waals surface area contributed by atoms with E-state index in [9.17, 15) is 14.4 Å². The fourth-order valence-electron chi connectivity index (χ4n) is 3.35. The maximum atomic E-state index is 12.3. The van der Waals surface area contributed by atoms with Gasteiger partial charge in [-0.1, -0.05) is 0 Å². The van der Waals surface area contributed by atoms with E-state index in [1.165, 1.54) is 18.3 Å². The van der Waals surface area contributed by atoms with E-state index >= 15 is 0 Å². The Morgan fingerprint density at radius 1 is 1.30 bits per heavy atom. The van der Waals surface area contributed by atoms with Crippen LogP contribution in [0.4, 0.5) is 16.4 Å². The Balaban J connectivity index is 1.41. The number of amides is 3. The molecule has 0 aromatic carbocycles. The molecule has 0 aliphatic carbocycles. The fourth-order valence-corrected chi connectivity index (χ4v) is 3.35. The number of carbonyl (C=O) groups excluding carboxylic acids is 2. The van der Waals surface area contributed by atoms with E-state index in [4.69, 9.17) is 0 Å². The molecular formula is C19H22N8O3. The summed E-state index contributed by atoms with van der Waals surface area (Å²) in [4.78, 5) is 44.6. The molecule has 3 aromatic rings. The number of aromatic nitrogens is 4. The zero-order valence-electron chi connectivity index (χ0n) is 16.4. The number of imidazole rings is 1. The largest absolute Gasteiger partial charge is 0.357 e. The molecule has 11 nitrogen and oxygen atoms in total. The molecule has 1 aliphatic rings. The molecule has 1 saturated heterocycles. The Hall–Kier alpha value is -3.89. The Morgan fingerprint density at radius 2 is 2.17 bits per heavy atom. The van der Waals surface area contributed by atoms with Gasteiger partial charge in [0.2, 0.25) is 0 Å². The number of nitrogens with one attached hydrogen (secondary N) is 4. The van der Waals surface area contributed by atoms with Gasteiger partial charge in [0, 0.05) is 44.0 Å². The van der Waals surface area contributed by atoms with Gasteiger partial charge in [-0.05, 0) is 25.5 Å². The molecule has 4 N–H and O–H groups in total. The van der Waals surface area contributed by atoms with E-state index in [1.54, 1.807) is 10.7 Å². The van der Waals surface area contributed by atoms with E-state index in [0.29, 0.717) is 24.6 Å². The van der Waals surface area contributed by atoms with Crippen LogP contribution in [0.25, 0.3) is 5.65 Å². The number of anilines is 2. The van der Waals surface area contributed by atoms with Crippen LogP contribution in [-0.4, -0.2) is 57.2 Å². The van der Waals surface area contributed by atoms with Crippen molar-refractivity contribution in [3.8, 4) is 0 Å². The first-order valence-electron chi connectivity index (χ1n) is 9.67. The summed E-state index contributed by atoms with van der Waals surface area (Å²) in [5.74, 6) is 0.849. The van der Waals surface area contributed by atoms with Crippen molar-refractivity contribution in [3.63, 3.8) is 0 Å². The highest BCUT2D eigenvalue weighted by Gasteiger charge is 2.26. The molecule has 156 valence electrons. The molecule has 0 radical (unpaired) electrons. The Labute approximate surface area is 171 Å². The Kier molecular flexibility index (Phi) is 5.33. The molecule has 0 saturated carbocycles. The molecule has 3 amide bonds. The number of hydrogen-bond acceptors (Lipinski definition) is 6. The van der Waals surface area contributed by atoms with Crippen molar-refractivity contribution in [1.82, 2.24) is 30.2 Å². The van der Waals surface area contributed by atoms with Gasteiger partial charge >= 0.3 is 6.03 Å². The topological polar surface area (TPSA) is 137 Å². The third-order valence-corrected chi connectivity index (χ3v) is 4.75. The van der Waals surface area contributed by atoms with E-state index < -0.39 is 0 Å². The SMILES string of the molecule is CCNC(=O)Nc1cn2nc(N3CC[C@H](NC(=O)c4cc(=O)cc[nH]4)C3)ccc2n1. The first-order valence-corrected chi connectivity index (χ1v) is 9.67. The summed E-state index contributed by atoms with van der Waals surface area (Å²) < 4.78 is 1.61. The van der Waals surface area contributed by atoms with E-state index in [2.05, 4.69) is 35.9 Å². The summed E-state index contributed by atoms with van der Waals surface area (Å²) in [5.41, 5.74) is 0.638. The van der Waals surface area contributed by atoms with Crippen LogP contribution in [0, 0.1) is 0 Å². The first-order chi connectivity index (χ1) is 14.5. The van der Waals surface area contributed by atoms with Gasteiger partial charge in [0.1, 0.15) is 11.5 Å². The number of H-pyrrole nitrogens is 1. The Morgan fingerprint density at radius 3 is 2.97 bits per heavy atom. The molecule has 0 spiro atoms. The minimum Gasteiger partial charge on any atom is -0.357 e. The number of aromatic amines is 1. The van der Waals surface area contributed by atoms with Crippen LogP contribution in [-0.2, 0) is 0 Å². The number of hydrogen-bond donors (Lipinski definition) is 4. The summed E-state index contributed by atoms with van der Waals surface area (Å²) in [6.07, 6.45) is 3.86. The Bertz CT molecular complexity index is 1140. The van der Waals surface area contributed by atoms with E-state index in [0.717, 1.165) is 18.8 Å². The second-order valence-electron chi connectivity index (χ2n) is 6.95. The van der Waals surface area contributed by atoms with Crippen molar-refractivity contribution in [2.45, 2.75) is 19.4 Å². The van der Waals surface area contributed by atoms with Crippen molar-refractivity contribution in [2.24, 2.45) is 0 Å². The first kappa shape index (κ1) is 19.4. The number of urea groups is 1. The van der Waals surface area contributed by atoms with Crippen LogP contribution in [0.2, 0.25) is 0 Å². The monoisotopic (exact) mass is 410 g/mol. The van der Waals surface area contributed by atoms with E-state index in [1.807, 2.05) is 19.1 Å². The van der Waals surface area contributed by atoms with Gasteiger partial charge in [0.15, 0.2) is 16.9 Å². The van der Waals surface area contributed by atoms with Gasteiger partial charge < -0.3 is 20.5 Å². The van der Waals surface area contributed by atoms with Crippen LogP contribution < -0.4 is 26.3 Å². The highest BCUT2D eigenvalue weighted by atomic mass is 16.2. The summed E-state index contributed by atoms with van der Waals surface area (Å²) in [6.45, 7) is 3.68. The van der Waals surface area contributed by atoms with Crippen molar-refractivity contribution in [1.29, 1.82) is 0 Å². The van der Waals surface area contributed by atoms with Crippen LogP contribution in [0.3, 0.4) is 0 Å². The second-order valence-corrected chi connectivity index (χ2v) is 6.95. The summed E-state index contributed by atoms with van der Waals surface area (Å²) in [6, 6.07) is 5.95. The quantitative estimate of drug-likeness (QED) is 0.485. The zero-order chi connectivity index (χ0) is 21.1. The van der Waals surface area contributed by atoms with Gasteiger partial charge in [0.25, 0.3) is 5.91 Å². The standard InChI is InChI=1S/C19H22N8O3/c1-2-20-19(30)24-15-11-27-16(23-15)3-4-17(25-27)26-8-6-12(10-26)22-18(29)14-9-13(28)5-7-21-14/h3-5,7,9,11-12H,2,6,8,10H2,1H3,(H,21,28)(H,22,29)(H2,20,24,30)/t12-/m0/s1. The highest BCUT2D eigenvalue weighted by Crippen LogP contribution is 2.19. The number of carbonyl (C=O) groups is 2. The van der Waals surface area contributed by atoms with Crippen molar-refractivity contribution < 1.29 is 9.59 Å². The normalized spacial score (nSPS) is 15.9. The average molecular weight is 410 g/mol. The van der Waals surface area contributed by atoms with Crippen molar-refractivity contribution >= 4 is 29.2 Å². The van der Waals surface area contributed by atoms with Crippen LogP contribution >= 0.6 is 0 Å². The second kappa shape index (κ2) is 8.23. The number of pyridine rings is 1. The molecular weight excluding hydrogens is 388 g/mol. The summed E-state index contributed by atoms with van der Waals surface area (Å²) in [5, 5.41) is 12.8. The average Bonchev–Trinajstić information content (AvgIpc) is 3.33. The van der Waals surface area contributed by atoms with Gasteiger partial charge in [-0.2, -0.15) is 0 Å². The number of nitrogens with zero attached hydrogens (tertiary/aromatic N) is 4. The minimum absolute atomic E-state index is 0.0588. The van der Waals surface area contributed by atoms with Gasteiger partial charge in [-0.3, -0.25) is 14.9 Å². The third kappa shape index (κ3) is 4.24. The van der Waals surface area contributed by atoms with Gasteiger partial charge in [0.05, 0.1) is 6.20 Å². The van der Waals surface area contributed by atoms with Crippen LogP contribution in [0.15, 0.2) is 41.5 Å². The predicted octanol–water partition coefficient (Wildman–Crippen LogP) is 0.568.